The van der Waals surface area contributed by atoms with Gasteiger partial charge in [0.25, 0.3) is 5.91 Å². The quantitative estimate of drug-likeness (QED) is 0.550. The molecule has 0 saturated carbocycles. The lowest BCUT2D eigenvalue weighted by atomic mass is 10.0. The van der Waals surface area contributed by atoms with Crippen LogP contribution in [0.3, 0.4) is 0 Å². The molecule has 0 aliphatic carbocycles. The van der Waals surface area contributed by atoms with Gasteiger partial charge in [-0.1, -0.05) is 30.3 Å². The SMILES string of the molecule is C=CCNC(=O)c1ccc(CCN2CCC(Nc3nc4ccccc4n3C)CC2)cc1. The second-order valence-corrected chi connectivity index (χ2v) is 8.19. The lowest BCUT2D eigenvalue weighted by Gasteiger charge is -2.32. The van der Waals surface area contributed by atoms with E-state index in [1.807, 2.05) is 18.2 Å². The van der Waals surface area contributed by atoms with Crippen molar-refractivity contribution in [3.8, 4) is 0 Å². The first-order valence-corrected chi connectivity index (χ1v) is 11.0. The molecule has 6 nitrogen and oxygen atoms in total. The van der Waals surface area contributed by atoms with Crippen molar-refractivity contribution in [1.29, 1.82) is 0 Å². The maximum absolute atomic E-state index is 12.0. The van der Waals surface area contributed by atoms with Gasteiger partial charge in [0.2, 0.25) is 5.95 Å². The fourth-order valence-corrected chi connectivity index (χ4v) is 4.14. The Balaban J connectivity index is 1.23. The lowest BCUT2D eigenvalue weighted by Crippen LogP contribution is -2.40. The van der Waals surface area contributed by atoms with Crippen LogP contribution in [0.25, 0.3) is 11.0 Å². The third-order valence-corrected chi connectivity index (χ3v) is 6.05. The van der Waals surface area contributed by atoms with E-state index in [9.17, 15) is 4.79 Å². The van der Waals surface area contributed by atoms with E-state index in [0.717, 1.165) is 55.9 Å². The summed E-state index contributed by atoms with van der Waals surface area (Å²) in [4.78, 5) is 19.2. The fraction of sp³-hybridized carbons (Fsp3) is 0.360. The number of piperidine rings is 1. The molecular formula is C25H31N5O. The van der Waals surface area contributed by atoms with Gasteiger partial charge >= 0.3 is 0 Å². The Morgan fingerprint density at radius 1 is 1.16 bits per heavy atom. The van der Waals surface area contributed by atoms with Crippen LogP contribution in [0.2, 0.25) is 0 Å². The van der Waals surface area contributed by atoms with Gasteiger partial charge < -0.3 is 20.1 Å². The molecule has 2 heterocycles. The number of hydrogen-bond acceptors (Lipinski definition) is 4. The summed E-state index contributed by atoms with van der Waals surface area (Å²) in [6, 6.07) is 16.6. The van der Waals surface area contributed by atoms with Crippen molar-refractivity contribution >= 4 is 22.9 Å². The zero-order valence-electron chi connectivity index (χ0n) is 18.2. The van der Waals surface area contributed by atoms with Gasteiger partial charge in [-0.25, -0.2) is 4.98 Å². The minimum atomic E-state index is -0.0540. The Morgan fingerprint density at radius 3 is 2.61 bits per heavy atom. The highest BCUT2D eigenvalue weighted by atomic mass is 16.1. The van der Waals surface area contributed by atoms with E-state index >= 15 is 0 Å². The van der Waals surface area contributed by atoms with E-state index in [2.05, 4.69) is 64.1 Å². The number of benzene rings is 2. The number of fused-ring (bicyclic) bond motifs is 1. The smallest absolute Gasteiger partial charge is 0.251 e. The fourth-order valence-electron chi connectivity index (χ4n) is 4.14. The number of likely N-dealkylation sites (tertiary alicyclic amines) is 1. The highest BCUT2D eigenvalue weighted by Crippen LogP contribution is 2.21. The molecule has 1 aliphatic rings. The van der Waals surface area contributed by atoms with Crippen LogP contribution in [0.5, 0.6) is 0 Å². The van der Waals surface area contributed by atoms with Crippen LogP contribution in [0.1, 0.15) is 28.8 Å². The molecule has 0 spiro atoms. The van der Waals surface area contributed by atoms with Gasteiger partial charge in [-0.2, -0.15) is 0 Å². The van der Waals surface area contributed by atoms with Crippen molar-refractivity contribution in [2.45, 2.75) is 25.3 Å². The monoisotopic (exact) mass is 417 g/mol. The molecule has 4 rings (SSSR count). The number of carbonyl (C=O) groups is 1. The van der Waals surface area contributed by atoms with Crippen molar-refractivity contribution in [3.05, 3.63) is 72.3 Å². The van der Waals surface area contributed by atoms with Crippen LogP contribution in [0.15, 0.2) is 61.2 Å². The Hall–Kier alpha value is -3.12. The molecule has 1 aromatic heterocycles. The molecule has 0 unspecified atom stereocenters. The van der Waals surface area contributed by atoms with Crippen LogP contribution in [0, 0.1) is 0 Å². The van der Waals surface area contributed by atoms with E-state index < -0.39 is 0 Å². The van der Waals surface area contributed by atoms with Crippen LogP contribution < -0.4 is 10.6 Å². The largest absolute Gasteiger partial charge is 0.353 e. The molecule has 6 heteroatoms. The number of anilines is 1. The minimum absolute atomic E-state index is 0.0540. The minimum Gasteiger partial charge on any atom is -0.353 e. The molecule has 162 valence electrons. The summed E-state index contributed by atoms with van der Waals surface area (Å²) in [6.07, 6.45) is 4.91. The molecule has 31 heavy (non-hydrogen) atoms. The molecule has 2 N–H and O–H groups in total. The average molecular weight is 418 g/mol. The first-order valence-electron chi connectivity index (χ1n) is 11.0. The number of rotatable bonds is 8. The molecule has 3 aromatic rings. The van der Waals surface area contributed by atoms with Gasteiger partial charge in [0.05, 0.1) is 11.0 Å². The van der Waals surface area contributed by atoms with Gasteiger partial charge in [-0.05, 0) is 49.1 Å². The highest BCUT2D eigenvalue weighted by Gasteiger charge is 2.20. The molecule has 2 aromatic carbocycles. The Labute approximate surface area is 184 Å². The standard InChI is InChI=1S/C25H31N5O/c1-3-15-26-24(31)20-10-8-19(9-11-20)12-16-30-17-13-21(14-18-30)27-25-28-22-6-4-5-7-23(22)29(25)2/h3-11,21H,1,12-18H2,2H3,(H,26,31)(H,27,28). The summed E-state index contributed by atoms with van der Waals surface area (Å²) >= 11 is 0. The van der Waals surface area contributed by atoms with E-state index in [1.165, 1.54) is 5.56 Å². The predicted molar refractivity (Wildman–Crippen MR) is 126 cm³/mol. The summed E-state index contributed by atoms with van der Waals surface area (Å²) in [5.41, 5.74) is 4.15. The normalized spacial score (nSPS) is 15.1. The van der Waals surface area contributed by atoms with Crippen molar-refractivity contribution in [1.82, 2.24) is 19.8 Å². The van der Waals surface area contributed by atoms with E-state index in [-0.39, 0.29) is 5.91 Å². The second kappa shape index (κ2) is 9.79. The molecule has 1 saturated heterocycles. The number of para-hydroxylation sites is 2. The van der Waals surface area contributed by atoms with E-state index in [1.54, 1.807) is 6.08 Å². The molecule has 1 fully saturated rings. The molecule has 0 bridgehead atoms. The van der Waals surface area contributed by atoms with Crippen LogP contribution in [-0.4, -0.2) is 52.6 Å². The maximum atomic E-state index is 12.0. The summed E-state index contributed by atoms with van der Waals surface area (Å²) in [5.74, 6) is 0.901. The summed E-state index contributed by atoms with van der Waals surface area (Å²) < 4.78 is 2.14. The number of hydrogen-bond donors (Lipinski definition) is 2. The number of amides is 1. The topological polar surface area (TPSA) is 62.2 Å². The molecule has 1 aliphatic heterocycles. The van der Waals surface area contributed by atoms with Crippen molar-refractivity contribution in [2.24, 2.45) is 7.05 Å². The van der Waals surface area contributed by atoms with Crippen molar-refractivity contribution in [3.63, 3.8) is 0 Å². The Kier molecular flexibility index (Phi) is 6.67. The van der Waals surface area contributed by atoms with Crippen LogP contribution in [-0.2, 0) is 13.5 Å². The number of aromatic nitrogens is 2. The van der Waals surface area contributed by atoms with Crippen LogP contribution >= 0.6 is 0 Å². The summed E-state index contributed by atoms with van der Waals surface area (Å²) in [6.45, 7) is 7.32. The Morgan fingerprint density at radius 2 is 1.90 bits per heavy atom. The van der Waals surface area contributed by atoms with E-state index in [0.29, 0.717) is 18.2 Å². The van der Waals surface area contributed by atoms with Crippen molar-refractivity contribution in [2.75, 3.05) is 31.5 Å². The van der Waals surface area contributed by atoms with Gasteiger partial charge in [-0.3, -0.25) is 4.79 Å². The maximum Gasteiger partial charge on any atom is 0.251 e. The molecule has 0 atom stereocenters. The molecule has 1 amide bonds. The third kappa shape index (κ3) is 5.14. The summed E-state index contributed by atoms with van der Waals surface area (Å²) in [7, 11) is 2.07. The van der Waals surface area contributed by atoms with Crippen molar-refractivity contribution < 1.29 is 4.79 Å². The van der Waals surface area contributed by atoms with Crippen LogP contribution in [0.4, 0.5) is 5.95 Å². The predicted octanol–water partition coefficient (Wildman–Crippen LogP) is 3.61. The van der Waals surface area contributed by atoms with Gasteiger partial charge in [0.15, 0.2) is 0 Å². The summed E-state index contributed by atoms with van der Waals surface area (Å²) in [5, 5.41) is 6.45. The first kappa shape index (κ1) is 21.1. The highest BCUT2D eigenvalue weighted by molar-refractivity contribution is 5.94. The second-order valence-electron chi connectivity index (χ2n) is 8.19. The van der Waals surface area contributed by atoms with Gasteiger partial charge in [-0.15, -0.1) is 6.58 Å². The first-order chi connectivity index (χ1) is 15.1. The number of aryl methyl sites for hydroxylation is 1. The van der Waals surface area contributed by atoms with E-state index in [4.69, 9.17) is 4.98 Å². The number of nitrogens with zero attached hydrogens (tertiary/aromatic N) is 3. The lowest BCUT2D eigenvalue weighted by molar-refractivity contribution is 0.0958. The van der Waals surface area contributed by atoms with Gasteiger partial charge in [0.1, 0.15) is 0 Å². The van der Waals surface area contributed by atoms with Gasteiger partial charge in [0, 0.05) is 44.8 Å². The zero-order chi connectivity index (χ0) is 21.6. The Bertz CT molecular complexity index is 1030. The average Bonchev–Trinajstić information content (AvgIpc) is 3.12. The number of imidazole rings is 1. The number of carbonyl (C=O) groups excluding carboxylic acids is 1. The zero-order valence-corrected chi connectivity index (χ0v) is 18.2. The number of nitrogens with one attached hydrogen (secondary N) is 2. The molecular weight excluding hydrogens is 386 g/mol. The third-order valence-electron chi connectivity index (χ3n) is 6.05. The molecule has 0 radical (unpaired) electrons.